The third kappa shape index (κ3) is 3.68. The Kier molecular flexibility index (Phi) is 4.44. The quantitative estimate of drug-likeness (QED) is 0.700. The van der Waals surface area contributed by atoms with Gasteiger partial charge in [0.2, 0.25) is 5.91 Å². The predicted octanol–water partition coefficient (Wildman–Crippen LogP) is 3.99. The molecule has 4 nitrogen and oxygen atoms in total. The summed E-state index contributed by atoms with van der Waals surface area (Å²) in [5, 5.41) is 3.73. The lowest BCUT2D eigenvalue weighted by atomic mass is 10.2. The largest absolute Gasteiger partial charge is 0.333 e. The van der Waals surface area contributed by atoms with Crippen molar-refractivity contribution in [2.24, 2.45) is 0 Å². The van der Waals surface area contributed by atoms with Gasteiger partial charge in [-0.05, 0) is 36.8 Å². The van der Waals surface area contributed by atoms with Gasteiger partial charge in [0.15, 0.2) is 5.16 Å². The molecule has 5 heteroatoms. The molecule has 0 fully saturated rings. The van der Waals surface area contributed by atoms with Crippen molar-refractivity contribution in [1.82, 2.24) is 9.97 Å². The number of aryl methyl sites for hydroxylation is 1. The SMILES string of the molecule is Cc1ccc2nc(SCCC(=O)Nc3ccccc3)[nH]c2c1. The number of fused-ring (bicyclic) bond motifs is 1. The van der Waals surface area contributed by atoms with Crippen LogP contribution in [-0.2, 0) is 4.79 Å². The normalized spacial score (nSPS) is 10.8. The maximum Gasteiger partial charge on any atom is 0.225 e. The van der Waals surface area contributed by atoms with Gasteiger partial charge in [0.05, 0.1) is 11.0 Å². The van der Waals surface area contributed by atoms with Gasteiger partial charge in [-0.15, -0.1) is 0 Å². The summed E-state index contributed by atoms with van der Waals surface area (Å²) in [6, 6.07) is 15.6. The monoisotopic (exact) mass is 311 g/mol. The Morgan fingerprint density at radius 3 is 2.86 bits per heavy atom. The summed E-state index contributed by atoms with van der Waals surface area (Å²) in [6.07, 6.45) is 0.454. The van der Waals surface area contributed by atoms with Crippen LogP contribution in [0.1, 0.15) is 12.0 Å². The summed E-state index contributed by atoms with van der Waals surface area (Å²) in [6.45, 7) is 2.06. The number of para-hydroxylation sites is 1. The van der Waals surface area contributed by atoms with Crippen LogP contribution in [0.4, 0.5) is 5.69 Å². The zero-order chi connectivity index (χ0) is 15.4. The Morgan fingerprint density at radius 1 is 1.23 bits per heavy atom. The molecule has 0 bridgehead atoms. The molecule has 1 amide bonds. The van der Waals surface area contributed by atoms with Crippen molar-refractivity contribution < 1.29 is 4.79 Å². The van der Waals surface area contributed by atoms with E-state index in [-0.39, 0.29) is 5.91 Å². The van der Waals surface area contributed by atoms with E-state index < -0.39 is 0 Å². The highest BCUT2D eigenvalue weighted by Gasteiger charge is 2.06. The molecule has 2 aromatic carbocycles. The molecule has 0 aliphatic rings. The Hall–Kier alpha value is -2.27. The molecule has 0 saturated carbocycles. The molecule has 3 aromatic rings. The number of amides is 1. The van der Waals surface area contributed by atoms with Gasteiger partial charge in [0, 0.05) is 17.9 Å². The van der Waals surface area contributed by atoms with Crippen molar-refractivity contribution in [2.75, 3.05) is 11.1 Å². The molecule has 0 radical (unpaired) electrons. The number of nitrogens with one attached hydrogen (secondary N) is 2. The number of H-pyrrole nitrogens is 1. The lowest BCUT2D eigenvalue weighted by molar-refractivity contribution is -0.115. The maximum absolute atomic E-state index is 11.9. The fraction of sp³-hybridized carbons (Fsp3) is 0.176. The van der Waals surface area contributed by atoms with Gasteiger partial charge in [-0.3, -0.25) is 4.79 Å². The molecular weight excluding hydrogens is 294 g/mol. The van der Waals surface area contributed by atoms with Crippen LogP contribution in [0, 0.1) is 6.92 Å². The van der Waals surface area contributed by atoms with Crippen molar-refractivity contribution in [3.05, 3.63) is 54.1 Å². The molecule has 2 N–H and O–H groups in total. The van der Waals surface area contributed by atoms with Gasteiger partial charge in [-0.2, -0.15) is 0 Å². The molecule has 0 unspecified atom stereocenters. The average molecular weight is 311 g/mol. The molecule has 0 aliphatic heterocycles. The molecule has 3 rings (SSSR count). The smallest absolute Gasteiger partial charge is 0.225 e. The van der Waals surface area contributed by atoms with Crippen LogP contribution in [0.2, 0.25) is 0 Å². The van der Waals surface area contributed by atoms with Crippen LogP contribution in [-0.4, -0.2) is 21.6 Å². The first-order valence-corrected chi connectivity index (χ1v) is 8.13. The molecule has 112 valence electrons. The van der Waals surface area contributed by atoms with Crippen molar-refractivity contribution >= 4 is 34.4 Å². The number of benzene rings is 2. The first-order valence-electron chi connectivity index (χ1n) is 7.15. The maximum atomic E-state index is 11.9. The number of hydrogen-bond acceptors (Lipinski definition) is 3. The summed E-state index contributed by atoms with van der Waals surface area (Å²) in [7, 11) is 0. The summed E-state index contributed by atoms with van der Waals surface area (Å²) < 4.78 is 0. The van der Waals surface area contributed by atoms with E-state index in [4.69, 9.17) is 0 Å². The fourth-order valence-electron chi connectivity index (χ4n) is 2.15. The molecule has 0 atom stereocenters. The van der Waals surface area contributed by atoms with E-state index in [1.54, 1.807) is 11.8 Å². The number of rotatable bonds is 5. The van der Waals surface area contributed by atoms with Crippen LogP contribution in [0.25, 0.3) is 11.0 Å². The minimum Gasteiger partial charge on any atom is -0.333 e. The lowest BCUT2D eigenvalue weighted by Crippen LogP contribution is -2.11. The third-order valence-corrected chi connectivity index (χ3v) is 4.12. The van der Waals surface area contributed by atoms with E-state index in [9.17, 15) is 4.79 Å². The first-order chi connectivity index (χ1) is 10.7. The highest BCUT2D eigenvalue weighted by molar-refractivity contribution is 7.99. The topological polar surface area (TPSA) is 57.8 Å². The van der Waals surface area contributed by atoms with Crippen LogP contribution in [0.3, 0.4) is 0 Å². The van der Waals surface area contributed by atoms with Crippen LogP contribution < -0.4 is 5.32 Å². The summed E-state index contributed by atoms with van der Waals surface area (Å²) >= 11 is 1.56. The number of nitrogens with zero attached hydrogens (tertiary/aromatic N) is 1. The summed E-state index contributed by atoms with van der Waals surface area (Å²) in [4.78, 5) is 19.7. The second kappa shape index (κ2) is 6.66. The van der Waals surface area contributed by atoms with E-state index in [1.807, 2.05) is 42.5 Å². The van der Waals surface area contributed by atoms with E-state index in [1.165, 1.54) is 5.56 Å². The van der Waals surface area contributed by atoms with Crippen molar-refractivity contribution in [3.8, 4) is 0 Å². The highest BCUT2D eigenvalue weighted by atomic mass is 32.2. The Balaban J connectivity index is 1.52. The number of hydrogen-bond donors (Lipinski definition) is 2. The number of anilines is 1. The van der Waals surface area contributed by atoms with Gasteiger partial charge in [0.1, 0.15) is 0 Å². The minimum absolute atomic E-state index is 0.0191. The number of thioether (sulfide) groups is 1. The fourth-order valence-corrected chi connectivity index (χ4v) is 2.98. The molecular formula is C17H17N3OS. The van der Waals surface area contributed by atoms with E-state index in [2.05, 4.69) is 28.3 Å². The second-order valence-corrected chi connectivity index (χ2v) is 6.16. The highest BCUT2D eigenvalue weighted by Crippen LogP contribution is 2.21. The van der Waals surface area contributed by atoms with Crippen molar-refractivity contribution in [3.63, 3.8) is 0 Å². The van der Waals surface area contributed by atoms with E-state index >= 15 is 0 Å². The standard InChI is InChI=1S/C17H17N3OS/c1-12-7-8-14-15(11-12)20-17(19-14)22-10-9-16(21)18-13-5-3-2-4-6-13/h2-8,11H,9-10H2,1H3,(H,18,21)(H,19,20). The predicted molar refractivity (Wildman–Crippen MR) is 91.2 cm³/mol. The Morgan fingerprint density at radius 2 is 2.05 bits per heavy atom. The lowest BCUT2D eigenvalue weighted by Gasteiger charge is -2.03. The first kappa shape index (κ1) is 14.7. The average Bonchev–Trinajstić information content (AvgIpc) is 2.90. The number of aromatic amines is 1. The zero-order valence-corrected chi connectivity index (χ0v) is 13.1. The van der Waals surface area contributed by atoms with Crippen LogP contribution in [0.15, 0.2) is 53.7 Å². The van der Waals surface area contributed by atoms with Gasteiger partial charge >= 0.3 is 0 Å². The Bertz CT molecular complexity index is 783. The summed E-state index contributed by atoms with van der Waals surface area (Å²) in [5.74, 6) is 0.711. The molecule has 0 spiro atoms. The van der Waals surface area contributed by atoms with Gasteiger partial charge in [-0.1, -0.05) is 36.0 Å². The summed E-state index contributed by atoms with van der Waals surface area (Å²) in [5.41, 5.74) is 4.03. The molecule has 1 heterocycles. The van der Waals surface area contributed by atoms with E-state index in [0.29, 0.717) is 12.2 Å². The zero-order valence-electron chi connectivity index (χ0n) is 12.3. The molecule has 1 aromatic heterocycles. The third-order valence-electron chi connectivity index (χ3n) is 3.24. The molecule has 0 aliphatic carbocycles. The number of carbonyl (C=O) groups excluding carboxylic acids is 1. The number of imidazole rings is 1. The molecule has 0 saturated heterocycles. The van der Waals surface area contributed by atoms with Crippen LogP contribution in [0.5, 0.6) is 0 Å². The van der Waals surface area contributed by atoms with Crippen LogP contribution >= 0.6 is 11.8 Å². The van der Waals surface area contributed by atoms with Crippen molar-refractivity contribution in [1.29, 1.82) is 0 Å². The van der Waals surface area contributed by atoms with Crippen molar-refractivity contribution in [2.45, 2.75) is 18.5 Å². The second-order valence-electron chi connectivity index (χ2n) is 5.08. The van der Waals surface area contributed by atoms with Gasteiger partial charge < -0.3 is 10.3 Å². The van der Waals surface area contributed by atoms with Gasteiger partial charge in [0.25, 0.3) is 0 Å². The van der Waals surface area contributed by atoms with Gasteiger partial charge in [-0.25, -0.2) is 4.98 Å². The Labute approximate surface area is 133 Å². The number of aromatic nitrogens is 2. The van der Waals surface area contributed by atoms with E-state index in [0.717, 1.165) is 21.9 Å². The minimum atomic E-state index is 0.0191. The number of carbonyl (C=O) groups is 1. The molecule has 22 heavy (non-hydrogen) atoms.